The van der Waals surface area contributed by atoms with Gasteiger partial charge in [0.15, 0.2) is 17.3 Å². The van der Waals surface area contributed by atoms with Crippen LogP contribution >= 0.6 is 0 Å². The maximum atomic E-state index is 13.5. The quantitative estimate of drug-likeness (QED) is 0.205. The lowest BCUT2D eigenvalue weighted by Crippen LogP contribution is -2.24. The van der Waals surface area contributed by atoms with Crippen molar-refractivity contribution in [1.82, 2.24) is 4.57 Å². The number of benzene rings is 2. The minimum Gasteiger partial charge on any atom is -0.493 e. The second-order valence-corrected chi connectivity index (χ2v) is 6.94. The molecular formula is C22H17N5O4. The molecule has 0 radical (unpaired) electrons. The van der Waals surface area contributed by atoms with Crippen LogP contribution in [0.15, 0.2) is 40.2 Å². The number of azide groups is 1. The van der Waals surface area contributed by atoms with E-state index in [4.69, 9.17) is 15.0 Å². The summed E-state index contributed by atoms with van der Waals surface area (Å²) in [4.78, 5) is 29.6. The lowest BCUT2D eigenvalue weighted by molar-refractivity contribution is 0.104. The minimum atomic E-state index is -0.291. The molecule has 154 valence electrons. The zero-order valence-corrected chi connectivity index (χ0v) is 16.9. The SMILES string of the molecule is COc1cc2c3c(n(CCCN=[N+]=[N-])c(=O)c2cc1OC)-c1ccc(C#N)cc1C3=O. The molecule has 3 aromatic rings. The van der Waals surface area contributed by atoms with E-state index in [1.54, 1.807) is 30.3 Å². The summed E-state index contributed by atoms with van der Waals surface area (Å²) in [6.07, 6.45) is 0.426. The van der Waals surface area contributed by atoms with Gasteiger partial charge in [0.1, 0.15) is 0 Å². The van der Waals surface area contributed by atoms with Gasteiger partial charge in [-0.3, -0.25) is 9.59 Å². The van der Waals surface area contributed by atoms with Gasteiger partial charge < -0.3 is 14.0 Å². The van der Waals surface area contributed by atoms with Crippen LogP contribution in [0.2, 0.25) is 0 Å². The number of hydrogen-bond acceptors (Lipinski definition) is 6. The predicted octanol–water partition coefficient (Wildman–Crippen LogP) is 3.80. The molecule has 0 fully saturated rings. The van der Waals surface area contributed by atoms with Crippen LogP contribution in [0.1, 0.15) is 27.9 Å². The first-order valence-corrected chi connectivity index (χ1v) is 9.48. The van der Waals surface area contributed by atoms with Crippen molar-refractivity contribution in [3.05, 3.63) is 67.8 Å². The van der Waals surface area contributed by atoms with Crippen LogP contribution in [0.3, 0.4) is 0 Å². The molecule has 0 spiro atoms. The smallest absolute Gasteiger partial charge is 0.259 e. The number of ketones is 1. The molecule has 0 atom stereocenters. The van der Waals surface area contributed by atoms with E-state index in [0.29, 0.717) is 56.6 Å². The summed E-state index contributed by atoms with van der Waals surface area (Å²) in [6.45, 7) is 0.479. The van der Waals surface area contributed by atoms with Crippen molar-refractivity contribution in [3.8, 4) is 28.8 Å². The third kappa shape index (κ3) is 3.06. The average Bonchev–Trinajstić information content (AvgIpc) is 3.09. The molecule has 0 aliphatic heterocycles. The average molecular weight is 415 g/mol. The van der Waals surface area contributed by atoms with Crippen molar-refractivity contribution in [1.29, 1.82) is 5.26 Å². The zero-order chi connectivity index (χ0) is 22.1. The Kier molecular flexibility index (Phi) is 5.07. The van der Waals surface area contributed by atoms with Crippen molar-refractivity contribution in [2.24, 2.45) is 5.11 Å². The van der Waals surface area contributed by atoms with Crippen molar-refractivity contribution >= 4 is 16.6 Å². The van der Waals surface area contributed by atoms with Crippen LogP contribution in [-0.2, 0) is 6.54 Å². The van der Waals surface area contributed by atoms with E-state index in [9.17, 15) is 14.9 Å². The first-order valence-electron chi connectivity index (χ1n) is 9.48. The van der Waals surface area contributed by atoms with Gasteiger partial charge >= 0.3 is 0 Å². The first-order chi connectivity index (χ1) is 15.0. The highest BCUT2D eigenvalue weighted by Gasteiger charge is 2.33. The first kappa shape index (κ1) is 20.0. The Labute approximate surface area is 176 Å². The van der Waals surface area contributed by atoms with E-state index in [1.165, 1.54) is 18.8 Å². The zero-order valence-electron chi connectivity index (χ0n) is 16.9. The van der Waals surface area contributed by atoms with Crippen LogP contribution in [0.25, 0.3) is 32.5 Å². The van der Waals surface area contributed by atoms with Crippen LogP contribution in [0, 0.1) is 11.3 Å². The molecule has 0 N–H and O–H groups in total. The molecule has 0 amide bonds. The van der Waals surface area contributed by atoms with Gasteiger partial charge in [-0.2, -0.15) is 5.26 Å². The van der Waals surface area contributed by atoms with Gasteiger partial charge in [0.25, 0.3) is 5.56 Å². The number of hydrogen-bond donors (Lipinski definition) is 0. The fraction of sp³-hybridized carbons (Fsp3) is 0.227. The third-order valence-electron chi connectivity index (χ3n) is 5.35. The number of nitriles is 1. The summed E-state index contributed by atoms with van der Waals surface area (Å²) in [5, 5.41) is 13.6. The van der Waals surface area contributed by atoms with Crippen molar-refractivity contribution < 1.29 is 14.3 Å². The van der Waals surface area contributed by atoms with Crippen LogP contribution in [0.5, 0.6) is 11.5 Å². The van der Waals surface area contributed by atoms with Gasteiger partial charge in [0.2, 0.25) is 0 Å². The predicted molar refractivity (Wildman–Crippen MR) is 114 cm³/mol. The van der Waals surface area contributed by atoms with Crippen LogP contribution in [0.4, 0.5) is 0 Å². The highest BCUT2D eigenvalue weighted by atomic mass is 16.5. The number of aromatic nitrogens is 1. The third-order valence-corrected chi connectivity index (χ3v) is 5.35. The molecule has 0 unspecified atom stereocenters. The number of carbonyl (C=O) groups excluding carboxylic acids is 1. The standard InChI is InChI=1S/C22H17N5O4/c1-30-17-9-14-16(10-18(17)31-2)22(29)27(7-3-6-25-26-24)20-13-5-4-12(11-23)8-15(13)21(28)19(14)20/h4-5,8-10H,3,6-7H2,1-2H3. The second-order valence-electron chi connectivity index (χ2n) is 6.94. The Morgan fingerprint density at radius 2 is 1.81 bits per heavy atom. The van der Waals surface area contributed by atoms with Crippen LogP contribution in [-0.4, -0.2) is 31.1 Å². The van der Waals surface area contributed by atoms with Crippen LogP contribution < -0.4 is 15.0 Å². The molecule has 1 aliphatic rings. The lowest BCUT2D eigenvalue weighted by Gasteiger charge is -2.16. The van der Waals surface area contributed by atoms with Gasteiger partial charge in [-0.05, 0) is 36.2 Å². The molecule has 9 nitrogen and oxygen atoms in total. The Hall–Kier alpha value is -4.28. The number of methoxy groups -OCH3 is 2. The van der Waals surface area contributed by atoms with Gasteiger partial charge in [0, 0.05) is 34.5 Å². The number of nitrogens with zero attached hydrogens (tertiary/aromatic N) is 5. The number of pyridine rings is 1. The molecule has 1 heterocycles. The molecule has 9 heteroatoms. The maximum Gasteiger partial charge on any atom is 0.259 e. The molecule has 0 saturated heterocycles. The fourth-order valence-corrected chi connectivity index (χ4v) is 3.98. The van der Waals surface area contributed by atoms with Gasteiger partial charge in [-0.1, -0.05) is 11.2 Å². The van der Waals surface area contributed by atoms with E-state index >= 15 is 0 Å². The van der Waals surface area contributed by atoms with E-state index < -0.39 is 0 Å². The molecule has 0 saturated carbocycles. The molecular weight excluding hydrogens is 398 g/mol. The summed E-state index contributed by atoms with van der Waals surface area (Å²) in [7, 11) is 2.95. The van der Waals surface area contributed by atoms with Crippen molar-refractivity contribution in [3.63, 3.8) is 0 Å². The number of fused-ring (bicyclic) bond motifs is 5. The normalized spacial score (nSPS) is 11.5. The highest BCUT2D eigenvalue weighted by Crippen LogP contribution is 2.42. The summed E-state index contributed by atoms with van der Waals surface area (Å²) >= 11 is 0. The van der Waals surface area contributed by atoms with Gasteiger partial charge in [0.05, 0.1) is 42.5 Å². The summed E-state index contributed by atoms with van der Waals surface area (Å²) in [5.41, 5.74) is 10.4. The summed E-state index contributed by atoms with van der Waals surface area (Å²) in [5.74, 6) is 0.518. The molecule has 2 aromatic carbocycles. The van der Waals surface area contributed by atoms with E-state index in [1.807, 2.05) is 6.07 Å². The molecule has 0 bridgehead atoms. The Balaban J connectivity index is 2.07. The second kappa shape index (κ2) is 7.86. The van der Waals surface area contributed by atoms with Crippen molar-refractivity contribution in [2.75, 3.05) is 20.8 Å². The number of rotatable bonds is 6. The van der Waals surface area contributed by atoms with E-state index in [2.05, 4.69) is 10.0 Å². The fourth-order valence-electron chi connectivity index (χ4n) is 3.98. The Morgan fingerprint density at radius 1 is 1.10 bits per heavy atom. The summed E-state index contributed by atoms with van der Waals surface area (Å²) in [6, 6.07) is 10.1. The van der Waals surface area contributed by atoms with Crippen molar-refractivity contribution in [2.45, 2.75) is 13.0 Å². The van der Waals surface area contributed by atoms with E-state index in [0.717, 1.165) is 0 Å². The maximum absolute atomic E-state index is 13.5. The monoisotopic (exact) mass is 415 g/mol. The topological polar surface area (TPSA) is 130 Å². The summed E-state index contributed by atoms with van der Waals surface area (Å²) < 4.78 is 12.3. The Bertz CT molecular complexity index is 1390. The Morgan fingerprint density at radius 3 is 2.45 bits per heavy atom. The molecule has 1 aromatic heterocycles. The lowest BCUT2D eigenvalue weighted by atomic mass is 10.0. The highest BCUT2D eigenvalue weighted by molar-refractivity contribution is 6.27. The molecule has 31 heavy (non-hydrogen) atoms. The van der Waals surface area contributed by atoms with E-state index in [-0.39, 0.29) is 24.4 Å². The number of carbonyl (C=O) groups is 1. The van der Waals surface area contributed by atoms with Gasteiger partial charge in [-0.15, -0.1) is 0 Å². The number of ether oxygens (including phenoxy) is 2. The molecule has 4 rings (SSSR count). The largest absolute Gasteiger partial charge is 0.493 e. The minimum absolute atomic E-state index is 0.218. The molecule has 1 aliphatic carbocycles. The van der Waals surface area contributed by atoms with Gasteiger partial charge in [-0.25, -0.2) is 0 Å².